The number of hydrogen-bond donors (Lipinski definition) is 1. The van der Waals surface area contributed by atoms with E-state index in [0.717, 1.165) is 4.60 Å². The fourth-order valence-electron chi connectivity index (χ4n) is 1.49. The molecule has 1 unspecified atom stereocenters. The second kappa shape index (κ2) is 6.59. The molecule has 0 saturated heterocycles. The van der Waals surface area contributed by atoms with E-state index in [1.165, 1.54) is 7.11 Å². The molecule has 1 N–H and O–H groups in total. The van der Waals surface area contributed by atoms with Crippen molar-refractivity contribution in [3.63, 3.8) is 0 Å². The van der Waals surface area contributed by atoms with Crippen LogP contribution in [0.1, 0.15) is 20.3 Å². The Morgan fingerprint density at radius 1 is 1.53 bits per heavy atom. The molecule has 0 aliphatic heterocycles. The minimum Gasteiger partial charge on any atom is -0.467 e. The van der Waals surface area contributed by atoms with Crippen LogP contribution in [0, 0.1) is 5.92 Å². The SMILES string of the molecule is COC(=O)C(CC(C)C)Nc1cccc(Br)n1. The van der Waals surface area contributed by atoms with Crippen LogP contribution in [0.25, 0.3) is 0 Å². The second-order valence-electron chi connectivity index (χ2n) is 4.20. The number of aromatic nitrogens is 1. The van der Waals surface area contributed by atoms with Crippen LogP contribution in [0.15, 0.2) is 22.8 Å². The summed E-state index contributed by atoms with van der Waals surface area (Å²) in [5, 5.41) is 3.09. The Morgan fingerprint density at radius 3 is 2.76 bits per heavy atom. The molecule has 94 valence electrons. The molecule has 5 heteroatoms. The second-order valence-corrected chi connectivity index (χ2v) is 5.01. The Hall–Kier alpha value is -1.10. The molecule has 1 heterocycles. The van der Waals surface area contributed by atoms with Gasteiger partial charge >= 0.3 is 5.97 Å². The Balaban J connectivity index is 2.75. The lowest BCUT2D eigenvalue weighted by molar-refractivity contribution is -0.141. The summed E-state index contributed by atoms with van der Waals surface area (Å²) in [5.41, 5.74) is 0. The molecule has 0 aliphatic rings. The van der Waals surface area contributed by atoms with Gasteiger partial charge in [0.05, 0.1) is 7.11 Å². The van der Waals surface area contributed by atoms with Crippen LogP contribution in [0.5, 0.6) is 0 Å². The lowest BCUT2D eigenvalue weighted by atomic mass is 10.0. The van der Waals surface area contributed by atoms with Gasteiger partial charge in [-0.3, -0.25) is 0 Å². The number of rotatable bonds is 5. The average Bonchev–Trinajstić information content (AvgIpc) is 2.26. The number of ether oxygens (including phenoxy) is 1. The zero-order valence-electron chi connectivity index (χ0n) is 10.2. The van der Waals surface area contributed by atoms with Crippen LogP contribution in [0.3, 0.4) is 0 Å². The molecule has 0 bridgehead atoms. The van der Waals surface area contributed by atoms with Crippen LogP contribution in [-0.4, -0.2) is 24.1 Å². The van der Waals surface area contributed by atoms with Gasteiger partial charge in [0.2, 0.25) is 0 Å². The first-order valence-electron chi connectivity index (χ1n) is 5.50. The highest BCUT2D eigenvalue weighted by molar-refractivity contribution is 9.10. The van der Waals surface area contributed by atoms with E-state index in [1.807, 2.05) is 18.2 Å². The highest BCUT2D eigenvalue weighted by Crippen LogP contribution is 2.15. The monoisotopic (exact) mass is 300 g/mol. The highest BCUT2D eigenvalue weighted by Gasteiger charge is 2.20. The third kappa shape index (κ3) is 4.73. The number of nitrogens with zero attached hydrogens (tertiary/aromatic N) is 1. The maximum absolute atomic E-state index is 11.6. The summed E-state index contributed by atoms with van der Waals surface area (Å²) in [6.07, 6.45) is 0.709. The largest absolute Gasteiger partial charge is 0.467 e. The third-order valence-corrected chi connectivity index (χ3v) is 2.67. The van der Waals surface area contributed by atoms with Gasteiger partial charge in [0.15, 0.2) is 0 Å². The third-order valence-electron chi connectivity index (χ3n) is 2.23. The van der Waals surface area contributed by atoms with Gasteiger partial charge in [-0.2, -0.15) is 0 Å². The van der Waals surface area contributed by atoms with E-state index < -0.39 is 0 Å². The van der Waals surface area contributed by atoms with Crippen LogP contribution < -0.4 is 5.32 Å². The fourth-order valence-corrected chi connectivity index (χ4v) is 1.84. The Labute approximate surface area is 110 Å². The Kier molecular flexibility index (Phi) is 5.41. The number of halogens is 1. The lowest BCUT2D eigenvalue weighted by Crippen LogP contribution is -2.32. The van der Waals surface area contributed by atoms with Crippen molar-refractivity contribution in [1.82, 2.24) is 4.98 Å². The van der Waals surface area contributed by atoms with Crippen LogP contribution in [-0.2, 0) is 9.53 Å². The number of carbonyl (C=O) groups is 1. The standard InChI is InChI=1S/C12H17BrN2O2/c1-8(2)7-9(12(16)17-3)14-11-6-4-5-10(13)15-11/h4-6,8-9H,7H2,1-3H3,(H,14,15). The first-order valence-corrected chi connectivity index (χ1v) is 6.29. The van der Waals surface area contributed by atoms with Crippen LogP contribution in [0.4, 0.5) is 5.82 Å². The number of methoxy groups -OCH3 is 1. The van der Waals surface area contributed by atoms with Gasteiger partial charge in [-0.15, -0.1) is 0 Å². The van der Waals surface area contributed by atoms with Gasteiger partial charge in [-0.25, -0.2) is 9.78 Å². The van der Waals surface area contributed by atoms with E-state index in [2.05, 4.69) is 40.1 Å². The van der Waals surface area contributed by atoms with E-state index in [0.29, 0.717) is 18.2 Å². The number of esters is 1. The van der Waals surface area contributed by atoms with E-state index >= 15 is 0 Å². The maximum Gasteiger partial charge on any atom is 0.328 e. The summed E-state index contributed by atoms with van der Waals surface area (Å²) >= 11 is 3.29. The van der Waals surface area contributed by atoms with Gasteiger partial charge in [0.25, 0.3) is 0 Å². The fraction of sp³-hybridized carbons (Fsp3) is 0.500. The molecule has 0 spiro atoms. The minimum absolute atomic E-state index is 0.263. The highest BCUT2D eigenvalue weighted by atomic mass is 79.9. The number of nitrogens with one attached hydrogen (secondary N) is 1. The first-order chi connectivity index (χ1) is 8.02. The Morgan fingerprint density at radius 2 is 2.24 bits per heavy atom. The molecule has 17 heavy (non-hydrogen) atoms. The van der Waals surface area contributed by atoms with Crippen molar-refractivity contribution in [2.75, 3.05) is 12.4 Å². The molecule has 0 aromatic carbocycles. The number of anilines is 1. The quantitative estimate of drug-likeness (QED) is 0.671. The molecular weight excluding hydrogens is 284 g/mol. The van der Waals surface area contributed by atoms with E-state index in [1.54, 1.807) is 0 Å². The summed E-state index contributed by atoms with van der Waals surface area (Å²) < 4.78 is 5.51. The zero-order valence-corrected chi connectivity index (χ0v) is 11.8. The van der Waals surface area contributed by atoms with Crippen LogP contribution in [0.2, 0.25) is 0 Å². The number of carbonyl (C=O) groups excluding carboxylic acids is 1. The smallest absolute Gasteiger partial charge is 0.328 e. The molecule has 0 fully saturated rings. The van der Waals surface area contributed by atoms with Crippen molar-refractivity contribution in [3.8, 4) is 0 Å². The van der Waals surface area contributed by atoms with E-state index in [9.17, 15) is 4.79 Å². The van der Waals surface area contributed by atoms with Gasteiger partial charge in [-0.05, 0) is 40.4 Å². The predicted molar refractivity (Wildman–Crippen MR) is 70.8 cm³/mol. The maximum atomic E-state index is 11.6. The van der Waals surface area contributed by atoms with Gasteiger partial charge < -0.3 is 10.1 Å². The van der Waals surface area contributed by atoms with Crippen molar-refractivity contribution < 1.29 is 9.53 Å². The molecule has 1 aromatic rings. The molecule has 0 saturated carbocycles. The van der Waals surface area contributed by atoms with E-state index in [4.69, 9.17) is 4.74 Å². The van der Waals surface area contributed by atoms with Crippen molar-refractivity contribution in [1.29, 1.82) is 0 Å². The first kappa shape index (κ1) is 14.0. The molecule has 4 nitrogen and oxygen atoms in total. The molecule has 1 aromatic heterocycles. The summed E-state index contributed by atoms with van der Waals surface area (Å²) in [6.45, 7) is 4.12. The van der Waals surface area contributed by atoms with Gasteiger partial charge in [0.1, 0.15) is 16.5 Å². The normalized spacial score (nSPS) is 12.3. The topological polar surface area (TPSA) is 51.2 Å². The number of pyridine rings is 1. The van der Waals surface area contributed by atoms with Crippen LogP contribution >= 0.6 is 15.9 Å². The van der Waals surface area contributed by atoms with Crippen molar-refractivity contribution in [3.05, 3.63) is 22.8 Å². The van der Waals surface area contributed by atoms with Crippen molar-refractivity contribution in [2.24, 2.45) is 5.92 Å². The minimum atomic E-state index is -0.359. The van der Waals surface area contributed by atoms with Crippen molar-refractivity contribution >= 4 is 27.7 Å². The summed E-state index contributed by atoms with van der Waals surface area (Å²) in [4.78, 5) is 15.8. The molecule has 1 atom stereocenters. The summed E-state index contributed by atoms with van der Waals surface area (Å²) in [6, 6.07) is 5.16. The predicted octanol–water partition coefficient (Wildman–Crippen LogP) is 2.84. The average molecular weight is 301 g/mol. The lowest BCUT2D eigenvalue weighted by Gasteiger charge is -2.18. The van der Waals surface area contributed by atoms with Crippen molar-refractivity contribution in [2.45, 2.75) is 26.3 Å². The van der Waals surface area contributed by atoms with Gasteiger partial charge in [-0.1, -0.05) is 19.9 Å². The Bertz CT molecular complexity index is 383. The molecule has 0 amide bonds. The molecular formula is C12H17BrN2O2. The molecule has 0 radical (unpaired) electrons. The summed E-state index contributed by atoms with van der Waals surface area (Å²) in [7, 11) is 1.39. The number of hydrogen-bond acceptors (Lipinski definition) is 4. The summed E-state index contributed by atoms with van der Waals surface area (Å²) in [5.74, 6) is 0.801. The van der Waals surface area contributed by atoms with Gasteiger partial charge in [0, 0.05) is 0 Å². The molecule has 1 rings (SSSR count). The van der Waals surface area contributed by atoms with E-state index in [-0.39, 0.29) is 12.0 Å². The molecule has 0 aliphatic carbocycles. The zero-order chi connectivity index (χ0) is 12.8.